The van der Waals surface area contributed by atoms with Gasteiger partial charge in [0.05, 0.1) is 23.4 Å². The second kappa shape index (κ2) is 9.88. The maximum absolute atomic E-state index is 14.5. The van der Waals surface area contributed by atoms with Gasteiger partial charge in [-0.3, -0.25) is 4.72 Å². The van der Waals surface area contributed by atoms with Crippen molar-refractivity contribution in [1.29, 1.82) is 0 Å². The highest BCUT2D eigenvalue weighted by molar-refractivity contribution is 7.92. The molecule has 0 radical (unpaired) electrons. The molecule has 0 aliphatic rings. The summed E-state index contributed by atoms with van der Waals surface area (Å²) in [6.07, 6.45) is 0. The normalized spacial score (nSPS) is 11.0. The zero-order valence-electron chi connectivity index (χ0n) is 17.0. The zero-order chi connectivity index (χ0) is 24.2. The first-order valence-corrected chi connectivity index (χ1v) is 11.1. The van der Waals surface area contributed by atoms with Crippen LogP contribution in [0, 0.1) is 5.82 Å². The molecule has 0 bridgehead atoms. The van der Waals surface area contributed by atoms with Crippen LogP contribution in [-0.4, -0.2) is 39.2 Å². The quantitative estimate of drug-likeness (QED) is 0.451. The van der Waals surface area contributed by atoms with Gasteiger partial charge in [0.15, 0.2) is 12.4 Å². The molecule has 0 spiro atoms. The lowest BCUT2D eigenvalue weighted by Crippen LogP contribution is -2.18. The standard InChI is InChI=1S/C22H17ClFNO7S/c1-31-22(28)15-9-16(23)21(32-12-20(26)27)19(11-15)33(29,30)25-18-10-14(7-8-17(18)24)13-5-3-2-4-6-13/h2-11,25H,12H2,1H3,(H,26,27). The molecule has 0 aromatic heterocycles. The summed E-state index contributed by atoms with van der Waals surface area (Å²) in [5, 5.41) is 8.54. The number of esters is 1. The van der Waals surface area contributed by atoms with Crippen LogP contribution in [0.5, 0.6) is 5.75 Å². The van der Waals surface area contributed by atoms with Crippen LogP contribution in [0.2, 0.25) is 5.02 Å². The van der Waals surface area contributed by atoms with E-state index < -0.39 is 45.0 Å². The first-order valence-electron chi connectivity index (χ1n) is 9.26. The summed E-state index contributed by atoms with van der Waals surface area (Å²) in [6, 6.07) is 14.7. The number of ether oxygens (including phenoxy) is 2. The summed E-state index contributed by atoms with van der Waals surface area (Å²) in [5.74, 6) is -3.66. The maximum Gasteiger partial charge on any atom is 0.341 e. The van der Waals surface area contributed by atoms with Crippen LogP contribution in [0.1, 0.15) is 10.4 Å². The maximum atomic E-state index is 14.5. The van der Waals surface area contributed by atoms with E-state index >= 15 is 0 Å². The minimum absolute atomic E-state index is 0.232. The van der Waals surface area contributed by atoms with Gasteiger partial charge < -0.3 is 14.6 Å². The van der Waals surface area contributed by atoms with Gasteiger partial charge in [-0.15, -0.1) is 0 Å². The molecule has 0 amide bonds. The topological polar surface area (TPSA) is 119 Å². The molecule has 0 unspecified atom stereocenters. The molecule has 2 N–H and O–H groups in total. The predicted octanol–water partition coefficient (Wildman–Crippen LogP) is 4.20. The van der Waals surface area contributed by atoms with Crippen molar-refractivity contribution < 1.29 is 37.0 Å². The summed E-state index contributed by atoms with van der Waals surface area (Å²) in [7, 11) is -3.51. The predicted molar refractivity (Wildman–Crippen MR) is 119 cm³/mol. The molecule has 0 saturated carbocycles. The van der Waals surface area contributed by atoms with E-state index in [1.165, 1.54) is 12.1 Å². The number of aliphatic carboxylic acids is 1. The Hall–Kier alpha value is -3.63. The third-order valence-electron chi connectivity index (χ3n) is 4.38. The van der Waals surface area contributed by atoms with Crippen LogP contribution in [0.3, 0.4) is 0 Å². The number of benzene rings is 3. The van der Waals surface area contributed by atoms with Gasteiger partial charge >= 0.3 is 11.9 Å². The number of rotatable bonds is 8. The smallest absolute Gasteiger partial charge is 0.341 e. The summed E-state index contributed by atoms with van der Waals surface area (Å²) < 4.78 is 52.6. The van der Waals surface area contributed by atoms with Crippen molar-refractivity contribution >= 4 is 39.3 Å². The van der Waals surface area contributed by atoms with Crippen LogP contribution >= 0.6 is 11.6 Å². The number of methoxy groups -OCH3 is 1. The number of carbonyl (C=O) groups excluding carboxylic acids is 1. The molecule has 0 atom stereocenters. The lowest BCUT2D eigenvalue weighted by atomic mass is 10.1. The molecule has 3 rings (SSSR count). The molecule has 3 aromatic rings. The summed E-state index contributed by atoms with van der Waals surface area (Å²) in [6.45, 7) is -0.905. The average molecular weight is 494 g/mol. The summed E-state index contributed by atoms with van der Waals surface area (Å²) in [4.78, 5) is 22.2. The van der Waals surface area contributed by atoms with Crippen molar-refractivity contribution in [2.24, 2.45) is 0 Å². The molecular weight excluding hydrogens is 477 g/mol. The first-order chi connectivity index (χ1) is 15.6. The van der Waals surface area contributed by atoms with E-state index in [0.29, 0.717) is 5.56 Å². The third kappa shape index (κ3) is 5.60. The minimum Gasteiger partial charge on any atom is -0.479 e. The number of hydrogen-bond acceptors (Lipinski definition) is 6. The van der Waals surface area contributed by atoms with Gasteiger partial charge in [0.25, 0.3) is 10.0 Å². The Bertz CT molecular complexity index is 1310. The fraction of sp³-hybridized carbons (Fsp3) is 0.0909. The van der Waals surface area contributed by atoms with Gasteiger partial charge in [-0.2, -0.15) is 0 Å². The molecule has 11 heteroatoms. The fourth-order valence-electron chi connectivity index (χ4n) is 2.89. The molecule has 3 aromatic carbocycles. The van der Waals surface area contributed by atoms with E-state index in [-0.39, 0.29) is 16.3 Å². The summed E-state index contributed by atoms with van der Waals surface area (Å²) >= 11 is 6.07. The summed E-state index contributed by atoms with van der Waals surface area (Å²) in [5.41, 5.74) is 0.654. The lowest BCUT2D eigenvalue weighted by Gasteiger charge is -2.16. The van der Waals surface area contributed by atoms with Gasteiger partial charge in [-0.05, 0) is 35.4 Å². The van der Waals surface area contributed by atoms with Crippen molar-refractivity contribution in [3.05, 3.63) is 77.1 Å². The van der Waals surface area contributed by atoms with E-state index in [2.05, 4.69) is 9.46 Å². The van der Waals surface area contributed by atoms with Gasteiger partial charge in [-0.25, -0.2) is 22.4 Å². The second-order valence-electron chi connectivity index (χ2n) is 6.63. The van der Waals surface area contributed by atoms with Crippen molar-refractivity contribution in [1.82, 2.24) is 0 Å². The highest BCUT2D eigenvalue weighted by Crippen LogP contribution is 2.36. The Morgan fingerprint density at radius 2 is 1.76 bits per heavy atom. The molecule has 172 valence electrons. The van der Waals surface area contributed by atoms with Crippen LogP contribution < -0.4 is 9.46 Å². The number of carbonyl (C=O) groups is 2. The average Bonchev–Trinajstić information content (AvgIpc) is 2.79. The molecule has 0 fully saturated rings. The van der Waals surface area contributed by atoms with Gasteiger partial charge in [0.2, 0.25) is 0 Å². The van der Waals surface area contributed by atoms with Crippen molar-refractivity contribution in [3.63, 3.8) is 0 Å². The molecular formula is C22H17ClFNO7S. The van der Waals surface area contributed by atoms with Crippen molar-refractivity contribution in [2.45, 2.75) is 4.90 Å². The van der Waals surface area contributed by atoms with Crippen LogP contribution in [0.4, 0.5) is 10.1 Å². The minimum atomic E-state index is -4.60. The molecule has 0 saturated heterocycles. The van der Waals surface area contributed by atoms with E-state index in [4.69, 9.17) is 21.4 Å². The van der Waals surface area contributed by atoms with Gasteiger partial charge in [-0.1, -0.05) is 48.0 Å². The number of nitrogens with one attached hydrogen (secondary N) is 1. The lowest BCUT2D eigenvalue weighted by molar-refractivity contribution is -0.139. The van der Waals surface area contributed by atoms with E-state index in [1.54, 1.807) is 30.3 Å². The molecule has 0 aliphatic carbocycles. The Labute approximate surface area is 193 Å². The van der Waals surface area contributed by atoms with Gasteiger partial charge in [0.1, 0.15) is 10.7 Å². The Balaban J connectivity index is 2.09. The number of sulfonamides is 1. The second-order valence-corrected chi connectivity index (χ2v) is 8.68. The number of anilines is 1. The number of carboxylic acid groups (broad SMARTS) is 1. The van der Waals surface area contributed by atoms with E-state index in [0.717, 1.165) is 30.9 Å². The molecule has 0 aliphatic heterocycles. The van der Waals surface area contributed by atoms with E-state index in [1.807, 2.05) is 0 Å². The monoisotopic (exact) mass is 493 g/mol. The highest BCUT2D eigenvalue weighted by atomic mass is 35.5. The zero-order valence-corrected chi connectivity index (χ0v) is 18.6. The number of halogens is 2. The molecule has 0 heterocycles. The van der Waals surface area contributed by atoms with Crippen molar-refractivity contribution in [2.75, 3.05) is 18.4 Å². The van der Waals surface area contributed by atoms with Crippen LogP contribution in [-0.2, 0) is 19.6 Å². The largest absolute Gasteiger partial charge is 0.479 e. The van der Waals surface area contributed by atoms with Crippen molar-refractivity contribution in [3.8, 4) is 16.9 Å². The molecule has 33 heavy (non-hydrogen) atoms. The number of carboxylic acids is 1. The SMILES string of the molecule is COC(=O)c1cc(Cl)c(OCC(=O)O)c(S(=O)(=O)Nc2cc(-c3ccccc3)ccc2F)c1. The van der Waals surface area contributed by atoms with Crippen LogP contribution in [0.15, 0.2) is 65.6 Å². The highest BCUT2D eigenvalue weighted by Gasteiger charge is 2.27. The van der Waals surface area contributed by atoms with Gasteiger partial charge in [0, 0.05) is 0 Å². The fourth-order valence-corrected chi connectivity index (χ4v) is 4.47. The van der Waals surface area contributed by atoms with Crippen LogP contribution in [0.25, 0.3) is 11.1 Å². The number of hydrogen-bond donors (Lipinski definition) is 2. The van der Waals surface area contributed by atoms with E-state index in [9.17, 15) is 22.4 Å². The Morgan fingerprint density at radius 1 is 1.06 bits per heavy atom. The first kappa shape index (κ1) is 24.0. The molecule has 8 nitrogen and oxygen atoms in total. The Kier molecular flexibility index (Phi) is 7.19. The third-order valence-corrected chi connectivity index (χ3v) is 6.03. The Morgan fingerprint density at radius 3 is 2.39 bits per heavy atom.